The predicted molar refractivity (Wildman–Crippen MR) is 67.9 cm³/mol. The fourth-order valence-electron chi connectivity index (χ4n) is 1.48. The summed E-state index contributed by atoms with van der Waals surface area (Å²) in [7, 11) is 0. The third kappa shape index (κ3) is 2.24. The van der Waals surface area contributed by atoms with Crippen molar-refractivity contribution >= 4 is 27.3 Å². The van der Waals surface area contributed by atoms with Gasteiger partial charge in [0.25, 0.3) is 0 Å². The lowest BCUT2D eigenvalue weighted by atomic mass is 10.1. The Hall–Kier alpha value is -1.99. The number of benzene rings is 1. The standard InChI is InChI=1S/C13H10N2OS/c1-2-5-9(8-14)12(16)13-15-10-6-3-4-7-11(10)17-13/h3-7H,2H2,1H3/b9-5+. The van der Waals surface area contributed by atoms with Gasteiger partial charge in [-0.15, -0.1) is 11.3 Å². The largest absolute Gasteiger partial charge is 0.285 e. The van der Waals surface area contributed by atoms with Crippen molar-refractivity contribution in [2.45, 2.75) is 13.3 Å². The van der Waals surface area contributed by atoms with Gasteiger partial charge in [0.05, 0.1) is 15.8 Å². The van der Waals surface area contributed by atoms with Crippen LogP contribution >= 0.6 is 11.3 Å². The van der Waals surface area contributed by atoms with Gasteiger partial charge < -0.3 is 0 Å². The number of hydrogen-bond donors (Lipinski definition) is 0. The van der Waals surface area contributed by atoms with Crippen molar-refractivity contribution in [2.24, 2.45) is 0 Å². The van der Waals surface area contributed by atoms with E-state index in [2.05, 4.69) is 4.98 Å². The van der Waals surface area contributed by atoms with Gasteiger partial charge >= 0.3 is 0 Å². The lowest BCUT2D eigenvalue weighted by molar-refractivity contribution is 0.103. The first-order chi connectivity index (χ1) is 8.26. The minimum atomic E-state index is -0.282. The zero-order valence-corrected chi connectivity index (χ0v) is 10.1. The number of Topliss-reactive ketones (excluding diaryl/α,β-unsaturated/α-hetero) is 1. The molecule has 4 heteroatoms. The molecule has 0 atom stereocenters. The first-order valence-electron chi connectivity index (χ1n) is 5.26. The van der Waals surface area contributed by atoms with Crippen LogP contribution in [0.3, 0.4) is 0 Å². The highest BCUT2D eigenvalue weighted by Crippen LogP contribution is 2.23. The number of ketones is 1. The molecule has 0 spiro atoms. The summed E-state index contributed by atoms with van der Waals surface area (Å²) in [4.78, 5) is 16.2. The highest BCUT2D eigenvalue weighted by atomic mass is 32.1. The molecule has 1 aromatic heterocycles. The van der Waals surface area contributed by atoms with Crippen molar-refractivity contribution in [3.8, 4) is 6.07 Å². The number of hydrogen-bond acceptors (Lipinski definition) is 4. The van der Waals surface area contributed by atoms with Crippen molar-refractivity contribution in [2.75, 3.05) is 0 Å². The van der Waals surface area contributed by atoms with E-state index in [0.29, 0.717) is 11.4 Å². The summed E-state index contributed by atoms with van der Waals surface area (Å²) in [6, 6.07) is 9.48. The summed E-state index contributed by atoms with van der Waals surface area (Å²) < 4.78 is 0.963. The van der Waals surface area contributed by atoms with Gasteiger partial charge in [-0.1, -0.05) is 25.1 Å². The van der Waals surface area contributed by atoms with E-state index in [1.54, 1.807) is 6.08 Å². The zero-order valence-electron chi connectivity index (χ0n) is 9.30. The lowest BCUT2D eigenvalue weighted by Gasteiger charge is -1.91. The second kappa shape index (κ2) is 4.89. The van der Waals surface area contributed by atoms with Gasteiger partial charge in [0.1, 0.15) is 6.07 Å². The molecule has 2 rings (SSSR count). The molecule has 17 heavy (non-hydrogen) atoms. The van der Waals surface area contributed by atoms with Gasteiger partial charge in [-0.25, -0.2) is 4.98 Å². The third-order valence-electron chi connectivity index (χ3n) is 2.26. The quantitative estimate of drug-likeness (QED) is 0.471. The maximum Gasteiger partial charge on any atom is 0.231 e. The predicted octanol–water partition coefficient (Wildman–Crippen LogP) is 3.34. The molecule has 0 radical (unpaired) electrons. The van der Waals surface area contributed by atoms with Gasteiger partial charge in [0, 0.05) is 0 Å². The van der Waals surface area contributed by atoms with E-state index in [4.69, 9.17) is 5.26 Å². The molecule has 2 aromatic rings. The molecule has 0 aliphatic rings. The Morgan fingerprint density at radius 3 is 2.94 bits per heavy atom. The molecule has 0 saturated carbocycles. The van der Waals surface area contributed by atoms with Crippen molar-refractivity contribution in [3.05, 3.63) is 40.9 Å². The normalized spacial score (nSPS) is 11.4. The molecule has 0 bridgehead atoms. The number of nitriles is 1. The Morgan fingerprint density at radius 1 is 1.53 bits per heavy atom. The van der Waals surface area contributed by atoms with Crippen LogP contribution in [0.2, 0.25) is 0 Å². The molecule has 0 fully saturated rings. The smallest absolute Gasteiger partial charge is 0.231 e. The SMILES string of the molecule is CC/C=C(\C#N)C(=O)c1nc2ccccc2s1. The number of para-hydroxylation sites is 1. The van der Waals surface area contributed by atoms with Crippen LogP contribution in [0.4, 0.5) is 0 Å². The number of carbonyl (C=O) groups excluding carboxylic acids is 1. The van der Waals surface area contributed by atoms with Gasteiger partial charge in [-0.2, -0.15) is 5.26 Å². The molecular weight excluding hydrogens is 232 g/mol. The number of nitrogens with zero attached hydrogens (tertiary/aromatic N) is 2. The van der Waals surface area contributed by atoms with Crippen LogP contribution in [0.25, 0.3) is 10.2 Å². The second-order valence-corrected chi connectivity index (χ2v) is 4.48. The molecule has 0 unspecified atom stereocenters. The van der Waals surface area contributed by atoms with Crippen LogP contribution in [-0.4, -0.2) is 10.8 Å². The summed E-state index contributed by atoms with van der Waals surface area (Å²) in [6.07, 6.45) is 2.30. The third-order valence-corrected chi connectivity index (χ3v) is 3.30. The Kier molecular flexibility index (Phi) is 3.31. The number of thiazole rings is 1. The summed E-state index contributed by atoms with van der Waals surface area (Å²) >= 11 is 1.32. The molecule has 1 heterocycles. The summed E-state index contributed by atoms with van der Waals surface area (Å²) in [5.74, 6) is -0.282. The van der Waals surface area contributed by atoms with Gasteiger partial charge in [0.2, 0.25) is 5.78 Å². The summed E-state index contributed by atoms with van der Waals surface area (Å²) in [6.45, 7) is 1.89. The Morgan fingerprint density at radius 2 is 2.29 bits per heavy atom. The molecule has 0 N–H and O–H groups in total. The first kappa shape index (κ1) is 11.5. The number of fused-ring (bicyclic) bond motifs is 1. The summed E-state index contributed by atoms with van der Waals surface area (Å²) in [5.41, 5.74) is 0.973. The molecule has 0 amide bonds. The van der Waals surface area contributed by atoms with Crippen LogP contribution in [0.5, 0.6) is 0 Å². The van der Waals surface area contributed by atoms with Crippen molar-refractivity contribution < 1.29 is 4.79 Å². The number of allylic oxidation sites excluding steroid dienone is 2. The molecule has 3 nitrogen and oxygen atoms in total. The van der Waals surface area contributed by atoms with Gasteiger partial charge in [-0.05, 0) is 18.6 Å². The highest BCUT2D eigenvalue weighted by Gasteiger charge is 2.16. The van der Waals surface area contributed by atoms with Crippen molar-refractivity contribution in [1.29, 1.82) is 5.26 Å². The minimum absolute atomic E-state index is 0.173. The van der Waals surface area contributed by atoms with Crippen molar-refractivity contribution in [3.63, 3.8) is 0 Å². The van der Waals surface area contributed by atoms with E-state index in [1.165, 1.54) is 11.3 Å². The average molecular weight is 242 g/mol. The first-order valence-corrected chi connectivity index (χ1v) is 6.08. The van der Waals surface area contributed by atoms with E-state index in [-0.39, 0.29) is 11.4 Å². The van der Waals surface area contributed by atoms with Crippen molar-refractivity contribution in [1.82, 2.24) is 4.98 Å². The van der Waals surface area contributed by atoms with Crippen LogP contribution in [0.15, 0.2) is 35.9 Å². The fraction of sp³-hybridized carbons (Fsp3) is 0.154. The molecule has 0 saturated heterocycles. The molecule has 0 aliphatic carbocycles. The molecule has 84 valence electrons. The molecule has 0 aliphatic heterocycles. The fourth-order valence-corrected chi connectivity index (χ4v) is 2.40. The van der Waals surface area contributed by atoms with Crippen LogP contribution in [0.1, 0.15) is 23.1 Å². The zero-order chi connectivity index (χ0) is 12.3. The topological polar surface area (TPSA) is 53.8 Å². The van der Waals surface area contributed by atoms with Crippen LogP contribution < -0.4 is 0 Å². The number of rotatable bonds is 3. The Balaban J connectivity index is 2.44. The maximum atomic E-state index is 12.0. The van der Waals surface area contributed by atoms with E-state index >= 15 is 0 Å². The van der Waals surface area contributed by atoms with E-state index < -0.39 is 0 Å². The van der Waals surface area contributed by atoms with E-state index in [1.807, 2.05) is 37.3 Å². The number of carbonyl (C=O) groups is 1. The van der Waals surface area contributed by atoms with E-state index in [0.717, 1.165) is 10.2 Å². The molecular formula is C13H10N2OS. The second-order valence-electron chi connectivity index (χ2n) is 3.45. The minimum Gasteiger partial charge on any atom is -0.285 e. The molecule has 1 aromatic carbocycles. The lowest BCUT2D eigenvalue weighted by Crippen LogP contribution is -2.00. The highest BCUT2D eigenvalue weighted by molar-refractivity contribution is 7.20. The van der Waals surface area contributed by atoms with E-state index in [9.17, 15) is 4.79 Å². The van der Waals surface area contributed by atoms with Gasteiger partial charge in [0.15, 0.2) is 5.01 Å². The average Bonchev–Trinajstić information content (AvgIpc) is 2.78. The maximum absolute atomic E-state index is 12.0. The number of aromatic nitrogens is 1. The monoisotopic (exact) mass is 242 g/mol. The summed E-state index contributed by atoms with van der Waals surface area (Å²) in [5, 5.41) is 9.28. The Bertz CT molecular complexity index is 601. The van der Waals surface area contributed by atoms with Gasteiger partial charge in [-0.3, -0.25) is 4.79 Å². The van der Waals surface area contributed by atoms with Crippen LogP contribution in [0, 0.1) is 11.3 Å². The Labute approximate surface area is 103 Å². The van der Waals surface area contributed by atoms with Crippen LogP contribution in [-0.2, 0) is 0 Å².